The number of alkyl carbamates (subject to hydrolysis) is 1. The zero-order valence-corrected chi connectivity index (χ0v) is 22.8. The molecule has 1 saturated heterocycles. The summed E-state index contributed by atoms with van der Waals surface area (Å²) in [5.74, 6) is -0.818. The Hall–Kier alpha value is -3.36. The van der Waals surface area contributed by atoms with E-state index in [0.29, 0.717) is 13.0 Å². The molecule has 1 aliphatic heterocycles. The van der Waals surface area contributed by atoms with Crippen LogP contribution in [-0.4, -0.2) is 69.9 Å². The lowest BCUT2D eigenvalue weighted by Crippen LogP contribution is -2.51. The van der Waals surface area contributed by atoms with E-state index in [9.17, 15) is 19.2 Å². The molecule has 4 amide bonds. The molecule has 202 valence electrons. The maximum atomic E-state index is 13.8. The number of amides is 4. The van der Waals surface area contributed by atoms with Crippen LogP contribution in [0.1, 0.15) is 72.3 Å². The van der Waals surface area contributed by atoms with E-state index in [0.717, 1.165) is 22.9 Å². The molecule has 1 fully saturated rings. The van der Waals surface area contributed by atoms with E-state index in [2.05, 4.69) is 10.3 Å². The van der Waals surface area contributed by atoms with Gasteiger partial charge in [0.1, 0.15) is 11.4 Å². The summed E-state index contributed by atoms with van der Waals surface area (Å²) in [5, 5.41) is 3.55. The third-order valence-electron chi connectivity index (χ3n) is 6.41. The molecular formula is C28H40N4O5. The highest BCUT2D eigenvalue weighted by Crippen LogP contribution is 2.36. The predicted octanol–water partition coefficient (Wildman–Crippen LogP) is 4.82. The molecule has 9 nitrogen and oxygen atoms in total. The van der Waals surface area contributed by atoms with Gasteiger partial charge in [-0.1, -0.05) is 32.0 Å². The minimum absolute atomic E-state index is 0.0160. The van der Waals surface area contributed by atoms with Crippen LogP contribution in [0, 0.1) is 5.92 Å². The molecular weight excluding hydrogens is 472 g/mol. The average Bonchev–Trinajstić information content (AvgIpc) is 3.44. The zero-order valence-electron chi connectivity index (χ0n) is 22.8. The lowest BCUT2D eigenvalue weighted by molar-refractivity contribution is -0.129. The van der Waals surface area contributed by atoms with Crippen molar-refractivity contribution in [2.45, 2.75) is 78.4 Å². The van der Waals surface area contributed by atoms with Crippen LogP contribution in [0.2, 0.25) is 0 Å². The number of fused-ring (bicyclic) bond motifs is 1. The topological polar surface area (TPSA) is 112 Å². The van der Waals surface area contributed by atoms with Crippen molar-refractivity contribution in [1.29, 1.82) is 0 Å². The van der Waals surface area contributed by atoms with Crippen LogP contribution in [-0.2, 0) is 14.3 Å². The Morgan fingerprint density at radius 3 is 2.54 bits per heavy atom. The molecule has 0 spiro atoms. The van der Waals surface area contributed by atoms with Gasteiger partial charge in [0.15, 0.2) is 0 Å². The summed E-state index contributed by atoms with van der Waals surface area (Å²) in [5.41, 5.74) is 1.17. The summed E-state index contributed by atoms with van der Waals surface area (Å²) in [6, 6.07) is 7.08. The Morgan fingerprint density at radius 2 is 1.89 bits per heavy atom. The van der Waals surface area contributed by atoms with Crippen molar-refractivity contribution in [2.75, 3.05) is 19.6 Å². The van der Waals surface area contributed by atoms with Crippen LogP contribution in [0.25, 0.3) is 10.9 Å². The molecule has 1 aromatic heterocycles. The fraction of sp³-hybridized carbons (Fsp3) is 0.571. The van der Waals surface area contributed by atoms with Crippen molar-refractivity contribution >= 4 is 34.7 Å². The molecule has 0 aliphatic carbocycles. The average molecular weight is 513 g/mol. The highest BCUT2D eigenvalue weighted by molar-refractivity contribution is 5.96. The number of para-hydroxylation sites is 1. The van der Waals surface area contributed by atoms with Crippen molar-refractivity contribution in [2.24, 2.45) is 5.92 Å². The second kappa shape index (κ2) is 11.8. The van der Waals surface area contributed by atoms with Crippen molar-refractivity contribution in [3.63, 3.8) is 0 Å². The quantitative estimate of drug-likeness (QED) is 0.526. The molecule has 1 aromatic carbocycles. The molecule has 3 rings (SSSR count). The number of nitrogens with one attached hydrogen (secondary N) is 2. The fourth-order valence-corrected chi connectivity index (χ4v) is 4.95. The first kappa shape index (κ1) is 28.2. The first-order chi connectivity index (χ1) is 17.4. The van der Waals surface area contributed by atoms with Crippen LogP contribution in [0.5, 0.6) is 0 Å². The third-order valence-corrected chi connectivity index (χ3v) is 6.41. The van der Waals surface area contributed by atoms with Crippen LogP contribution in [0.15, 0.2) is 30.5 Å². The fourth-order valence-electron chi connectivity index (χ4n) is 4.95. The number of aromatic amines is 1. The summed E-state index contributed by atoms with van der Waals surface area (Å²) in [4.78, 5) is 58.0. The highest BCUT2D eigenvalue weighted by Gasteiger charge is 2.41. The van der Waals surface area contributed by atoms with E-state index in [-0.39, 0.29) is 49.2 Å². The van der Waals surface area contributed by atoms with Crippen molar-refractivity contribution in [1.82, 2.24) is 20.1 Å². The van der Waals surface area contributed by atoms with Crippen molar-refractivity contribution in [3.05, 3.63) is 36.0 Å². The number of likely N-dealkylation sites (tertiary alicyclic amines) is 1. The number of nitrogens with zero attached hydrogens (tertiary/aromatic N) is 2. The van der Waals surface area contributed by atoms with E-state index in [1.807, 2.05) is 44.3 Å². The van der Waals surface area contributed by atoms with Gasteiger partial charge in [-0.2, -0.15) is 0 Å². The van der Waals surface area contributed by atoms with Gasteiger partial charge in [0.2, 0.25) is 5.91 Å². The number of ether oxygens (including phenoxy) is 1. The molecule has 1 aliphatic rings. The number of carbonyl (C=O) groups is 4. The van der Waals surface area contributed by atoms with Crippen molar-refractivity contribution < 1.29 is 23.9 Å². The number of imide groups is 1. The van der Waals surface area contributed by atoms with Gasteiger partial charge in [0.05, 0.1) is 5.92 Å². The van der Waals surface area contributed by atoms with E-state index >= 15 is 0 Å². The Bertz CT molecular complexity index is 1130. The number of H-pyrrole nitrogens is 1. The van der Waals surface area contributed by atoms with Crippen LogP contribution in [0.3, 0.4) is 0 Å². The molecule has 2 atom stereocenters. The van der Waals surface area contributed by atoms with Gasteiger partial charge in [-0.25, -0.2) is 9.59 Å². The van der Waals surface area contributed by atoms with E-state index in [1.165, 1.54) is 4.90 Å². The van der Waals surface area contributed by atoms with Gasteiger partial charge in [0.25, 0.3) is 0 Å². The zero-order chi connectivity index (χ0) is 27.3. The van der Waals surface area contributed by atoms with Gasteiger partial charge in [-0.05, 0) is 58.1 Å². The molecule has 0 bridgehead atoms. The monoisotopic (exact) mass is 512 g/mol. The van der Waals surface area contributed by atoms with Crippen LogP contribution >= 0.6 is 0 Å². The van der Waals surface area contributed by atoms with Gasteiger partial charge in [0, 0.05) is 49.2 Å². The van der Waals surface area contributed by atoms with Crippen molar-refractivity contribution in [3.8, 4) is 0 Å². The number of hydrogen-bond acceptors (Lipinski definition) is 5. The summed E-state index contributed by atoms with van der Waals surface area (Å²) in [7, 11) is 0. The molecule has 0 saturated carbocycles. The van der Waals surface area contributed by atoms with Gasteiger partial charge in [-0.3, -0.25) is 14.5 Å². The lowest BCUT2D eigenvalue weighted by atomic mass is 9.86. The first-order valence-electron chi connectivity index (χ1n) is 13.0. The van der Waals surface area contributed by atoms with E-state index < -0.39 is 17.6 Å². The molecule has 9 heteroatoms. The second-order valence-corrected chi connectivity index (χ2v) is 11.1. The predicted molar refractivity (Wildman–Crippen MR) is 142 cm³/mol. The molecule has 2 heterocycles. The van der Waals surface area contributed by atoms with Gasteiger partial charge in [-0.15, -0.1) is 0 Å². The summed E-state index contributed by atoms with van der Waals surface area (Å²) < 4.78 is 5.22. The Morgan fingerprint density at radius 1 is 1.19 bits per heavy atom. The molecule has 2 N–H and O–H groups in total. The van der Waals surface area contributed by atoms with E-state index in [1.54, 1.807) is 32.6 Å². The smallest absolute Gasteiger partial charge is 0.407 e. The minimum Gasteiger partial charge on any atom is -0.444 e. The highest BCUT2D eigenvalue weighted by atomic mass is 16.6. The normalized spacial score (nSPS) is 16.6. The Kier molecular flexibility index (Phi) is 8.99. The molecule has 2 aromatic rings. The molecule has 0 unspecified atom stereocenters. The maximum Gasteiger partial charge on any atom is 0.407 e. The Labute approximate surface area is 218 Å². The minimum atomic E-state index is -0.642. The number of benzene rings is 1. The lowest BCUT2D eigenvalue weighted by Gasteiger charge is -2.34. The van der Waals surface area contributed by atoms with Crippen LogP contribution < -0.4 is 5.32 Å². The summed E-state index contributed by atoms with van der Waals surface area (Å²) in [6.45, 7) is 11.5. The SMILES string of the molecule is CC(=O)[C@@H](c1c[nH]c2ccccc12)[C@@H]1CCCN1C(=O)N(CC(C)C)C(=O)CCNC(=O)OC(C)(C)C. The largest absolute Gasteiger partial charge is 0.444 e. The molecule has 37 heavy (non-hydrogen) atoms. The number of carbonyl (C=O) groups excluding carboxylic acids is 4. The maximum absolute atomic E-state index is 13.8. The Balaban J connectivity index is 1.78. The number of aromatic nitrogens is 1. The standard InChI is InChI=1S/C28H40N4O5/c1-18(2)17-32(24(34)13-14-29-26(35)37-28(4,5)6)27(36)31-15-9-12-23(31)25(19(3)33)21-16-30-22-11-8-7-10-20(21)22/h7-8,10-11,16,18,23,25,30H,9,12-15,17H2,1-6H3,(H,29,35)/t23-,25-/m0/s1. The number of Topliss-reactive ketones (excluding diaryl/α,β-unsaturated/α-hetero) is 1. The van der Waals surface area contributed by atoms with Gasteiger partial charge >= 0.3 is 12.1 Å². The number of rotatable bonds is 8. The first-order valence-corrected chi connectivity index (χ1v) is 13.0. The summed E-state index contributed by atoms with van der Waals surface area (Å²) in [6.07, 6.45) is 2.65. The number of urea groups is 1. The van der Waals surface area contributed by atoms with Gasteiger partial charge < -0.3 is 19.9 Å². The summed E-state index contributed by atoms with van der Waals surface area (Å²) >= 11 is 0. The number of ketones is 1. The third kappa shape index (κ3) is 7.11. The van der Waals surface area contributed by atoms with Crippen LogP contribution in [0.4, 0.5) is 9.59 Å². The van der Waals surface area contributed by atoms with E-state index in [4.69, 9.17) is 4.74 Å². The molecule has 0 radical (unpaired) electrons. The second-order valence-electron chi connectivity index (χ2n) is 11.1. The number of hydrogen-bond donors (Lipinski definition) is 2.